The summed E-state index contributed by atoms with van der Waals surface area (Å²) in [6.45, 7) is 3.13. The zero-order valence-electron chi connectivity index (χ0n) is 13.2. The highest BCUT2D eigenvalue weighted by Crippen LogP contribution is 2.18. The topological polar surface area (TPSA) is 112 Å². The smallest absolute Gasteiger partial charge is 0.339 e. The van der Waals surface area contributed by atoms with Crippen LogP contribution >= 0.6 is 0 Å². The predicted octanol–water partition coefficient (Wildman–Crippen LogP) is 3.36. The zero-order chi connectivity index (χ0) is 19.3. The van der Waals surface area contributed by atoms with Crippen LogP contribution in [0.4, 0.5) is 8.78 Å². The summed E-state index contributed by atoms with van der Waals surface area (Å²) in [5.41, 5.74) is -0.611. The van der Waals surface area contributed by atoms with E-state index in [1.165, 1.54) is 25.1 Å². The third kappa shape index (κ3) is 4.84. The summed E-state index contributed by atoms with van der Waals surface area (Å²) in [5.74, 6) is -5.99. The highest BCUT2D eigenvalue weighted by Gasteiger charge is 2.22. The fourth-order valence-corrected chi connectivity index (χ4v) is 1.97. The first kappa shape index (κ1) is 19.8. The summed E-state index contributed by atoms with van der Waals surface area (Å²) < 4.78 is 25.6. The molecule has 0 saturated carbocycles. The number of hydrogen-bond acceptors (Lipinski definition) is 3. The molecular weight excluding hydrogens is 338 g/mol. The number of carbonyl (C=O) groups is 3. The van der Waals surface area contributed by atoms with Crippen LogP contribution in [0, 0.1) is 25.5 Å². The SMILES string of the molecule is Cc1ccc(F)c(C(=O)O)c1.Cc1ccc(F)c(C(=O)O)c1C(=O)O. The van der Waals surface area contributed by atoms with Crippen LogP contribution in [0.2, 0.25) is 0 Å². The van der Waals surface area contributed by atoms with Crippen molar-refractivity contribution in [2.24, 2.45) is 0 Å². The van der Waals surface area contributed by atoms with E-state index in [0.29, 0.717) is 0 Å². The molecule has 0 fully saturated rings. The van der Waals surface area contributed by atoms with E-state index in [2.05, 4.69) is 0 Å². The maximum atomic E-state index is 13.0. The van der Waals surface area contributed by atoms with Gasteiger partial charge in [-0.25, -0.2) is 23.2 Å². The van der Waals surface area contributed by atoms with Gasteiger partial charge in [-0.1, -0.05) is 17.7 Å². The predicted molar refractivity (Wildman–Crippen MR) is 83.2 cm³/mol. The van der Waals surface area contributed by atoms with E-state index in [-0.39, 0.29) is 11.1 Å². The van der Waals surface area contributed by atoms with Gasteiger partial charge in [-0.3, -0.25) is 0 Å². The second-order valence-electron chi connectivity index (χ2n) is 5.01. The Labute approximate surface area is 141 Å². The molecular formula is C17H14F2O6. The van der Waals surface area contributed by atoms with Crippen LogP contribution in [0.25, 0.3) is 0 Å². The van der Waals surface area contributed by atoms with E-state index in [0.717, 1.165) is 17.7 Å². The van der Waals surface area contributed by atoms with Gasteiger partial charge in [-0.15, -0.1) is 0 Å². The highest BCUT2D eigenvalue weighted by atomic mass is 19.1. The molecule has 0 aromatic heterocycles. The first-order valence-corrected chi connectivity index (χ1v) is 6.81. The molecule has 0 aliphatic heterocycles. The maximum Gasteiger partial charge on any atom is 0.339 e. The van der Waals surface area contributed by atoms with Crippen LogP contribution in [-0.2, 0) is 0 Å². The molecule has 2 rings (SSSR count). The molecule has 0 spiro atoms. The van der Waals surface area contributed by atoms with Gasteiger partial charge in [0.05, 0.1) is 11.1 Å². The van der Waals surface area contributed by atoms with E-state index in [4.69, 9.17) is 15.3 Å². The Morgan fingerprint density at radius 3 is 1.68 bits per heavy atom. The third-order valence-corrected chi connectivity index (χ3v) is 3.14. The van der Waals surface area contributed by atoms with Crippen molar-refractivity contribution in [2.45, 2.75) is 13.8 Å². The molecule has 3 N–H and O–H groups in total. The van der Waals surface area contributed by atoms with Gasteiger partial charge >= 0.3 is 17.9 Å². The lowest BCUT2D eigenvalue weighted by Gasteiger charge is -2.05. The van der Waals surface area contributed by atoms with Crippen molar-refractivity contribution in [3.63, 3.8) is 0 Å². The zero-order valence-corrected chi connectivity index (χ0v) is 13.2. The Bertz CT molecular complexity index is 806. The summed E-state index contributed by atoms with van der Waals surface area (Å²) >= 11 is 0. The standard InChI is InChI=1S/C9H7FO4.C8H7FO2/c1-4-2-3-5(10)7(9(13)14)6(4)8(11)12;1-5-2-3-7(9)6(4-5)8(10)11/h2-3H,1H3,(H,11,12)(H,13,14);2-4H,1H3,(H,10,11). The van der Waals surface area contributed by atoms with Crippen molar-refractivity contribution in [3.8, 4) is 0 Å². The van der Waals surface area contributed by atoms with Gasteiger partial charge in [0.25, 0.3) is 0 Å². The van der Waals surface area contributed by atoms with Crippen molar-refractivity contribution in [2.75, 3.05) is 0 Å². The summed E-state index contributed by atoms with van der Waals surface area (Å²) in [5, 5.41) is 25.8. The van der Waals surface area contributed by atoms with Crippen molar-refractivity contribution in [1.29, 1.82) is 0 Å². The molecule has 0 atom stereocenters. The molecule has 8 heteroatoms. The molecule has 0 radical (unpaired) electrons. The van der Waals surface area contributed by atoms with Gasteiger partial charge in [0, 0.05) is 0 Å². The quantitative estimate of drug-likeness (QED) is 0.781. The number of hydrogen-bond donors (Lipinski definition) is 3. The number of carboxylic acid groups (broad SMARTS) is 3. The molecule has 2 aromatic carbocycles. The molecule has 0 bridgehead atoms. The minimum Gasteiger partial charge on any atom is -0.478 e. The monoisotopic (exact) mass is 352 g/mol. The molecule has 0 aliphatic rings. The summed E-state index contributed by atoms with van der Waals surface area (Å²) in [4.78, 5) is 31.6. The number of aryl methyl sites for hydroxylation is 2. The van der Waals surface area contributed by atoms with Gasteiger partial charge in [-0.2, -0.15) is 0 Å². The fourth-order valence-electron chi connectivity index (χ4n) is 1.97. The Kier molecular flexibility index (Phi) is 6.32. The van der Waals surface area contributed by atoms with Gasteiger partial charge in [0.15, 0.2) is 0 Å². The van der Waals surface area contributed by atoms with Crippen molar-refractivity contribution in [1.82, 2.24) is 0 Å². The van der Waals surface area contributed by atoms with E-state index >= 15 is 0 Å². The summed E-state index contributed by atoms with van der Waals surface area (Å²) in [7, 11) is 0. The lowest BCUT2D eigenvalue weighted by atomic mass is 10.0. The first-order valence-electron chi connectivity index (χ1n) is 6.81. The molecule has 0 unspecified atom stereocenters. The van der Waals surface area contributed by atoms with Crippen LogP contribution in [0.3, 0.4) is 0 Å². The van der Waals surface area contributed by atoms with Gasteiger partial charge in [0.2, 0.25) is 0 Å². The molecule has 6 nitrogen and oxygen atoms in total. The Morgan fingerprint density at radius 1 is 0.760 bits per heavy atom. The van der Waals surface area contributed by atoms with Crippen LogP contribution in [0.1, 0.15) is 42.2 Å². The Balaban J connectivity index is 0.000000257. The Morgan fingerprint density at radius 2 is 1.28 bits per heavy atom. The van der Waals surface area contributed by atoms with E-state index < -0.39 is 40.7 Å². The molecule has 0 saturated heterocycles. The van der Waals surface area contributed by atoms with Crippen molar-refractivity contribution in [3.05, 3.63) is 69.8 Å². The van der Waals surface area contributed by atoms with Crippen molar-refractivity contribution < 1.29 is 38.5 Å². The Hall–Kier alpha value is -3.29. The second kappa shape index (κ2) is 8.00. The van der Waals surface area contributed by atoms with Gasteiger partial charge in [0.1, 0.15) is 17.2 Å². The third-order valence-electron chi connectivity index (χ3n) is 3.14. The molecule has 132 valence electrons. The molecule has 0 heterocycles. The van der Waals surface area contributed by atoms with E-state index in [1.807, 2.05) is 0 Å². The number of rotatable bonds is 3. The lowest BCUT2D eigenvalue weighted by molar-refractivity contribution is 0.0646. The van der Waals surface area contributed by atoms with Gasteiger partial charge < -0.3 is 15.3 Å². The fraction of sp³-hybridized carbons (Fsp3) is 0.118. The highest BCUT2D eigenvalue weighted by molar-refractivity contribution is 6.02. The molecule has 0 amide bonds. The molecule has 2 aromatic rings. The van der Waals surface area contributed by atoms with Crippen LogP contribution < -0.4 is 0 Å². The number of aromatic carboxylic acids is 3. The lowest BCUT2D eigenvalue weighted by Crippen LogP contribution is -2.12. The summed E-state index contributed by atoms with van der Waals surface area (Å²) in [6.07, 6.45) is 0. The molecule has 0 aliphatic carbocycles. The minimum atomic E-state index is -1.58. The van der Waals surface area contributed by atoms with Crippen LogP contribution in [0.5, 0.6) is 0 Å². The largest absolute Gasteiger partial charge is 0.478 e. The second-order valence-corrected chi connectivity index (χ2v) is 5.01. The summed E-state index contributed by atoms with van der Waals surface area (Å²) in [6, 6.07) is 6.15. The van der Waals surface area contributed by atoms with E-state index in [9.17, 15) is 23.2 Å². The van der Waals surface area contributed by atoms with Gasteiger partial charge in [-0.05, 0) is 37.6 Å². The maximum absolute atomic E-state index is 13.0. The van der Waals surface area contributed by atoms with Crippen LogP contribution in [-0.4, -0.2) is 33.2 Å². The van der Waals surface area contributed by atoms with E-state index in [1.54, 1.807) is 6.92 Å². The van der Waals surface area contributed by atoms with Crippen molar-refractivity contribution >= 4 is 17.9 Å². The average Bonchev–Trinajstić information content (AvgIpc) is 2.51. The normalized spacial score (nSPS) is 9.76. The van der Waals surface area contributed by atoms with Crippen LogP contribution in [0.15, 0.2) is 30.3 Å². The molecule has 25 heavy (non-hydrogen) atoms. The minimum absolute atomic E-state index is 0.219. The number of carboxylic acids is 3. The number of halogens is 2. The average molecular weight is 352 g/mol. The number of benzene rings is 2. The first-order chi connectivity index (χ1) is 11.6.